The van der Waals surface area contributed by atoms with Gasteiger partial charge in [0.25, 0.3) is 0 Å². The molecule has 43 heavy (non-hydrogen) atoms. The molecule has 2 heterocycles. The van der Waals surface area contributed by atoms with Gasteiger partial charge in [0.2, 0.25) is 0 Å². The van der Waals surface area contributed by atoms with E-state index in [0.29, 0.717) is 24.8 Å². The van der Waals surface area contributed by atoms with Crippen LogP contribution >= 0.6 is 0 Å². The van der Waals surface area contributed by atoms with Crippen LogP contribution in [0.1, 0.15) is 111 Å². The van der Waals surface area contributed by atoms with Crippen molar-refractivity contribution in [3.8, 4) is 0 Å². The molecule has 2 aliphatic rings. The van der Waals surface area contributed by atoms with Crippen molar-refractivity contribution in [2.45, 2.75) is 129 Å². The number of aliphatic hydroxyl groups excluding tert-OH is 1. The first-order valence-electron chi connectivity index (χ1n) is 16.6. The molecule has 1 aromatic rings. The zero-order chi connectivity index (χ0) is 31.6. The van der Waals surface area contributed by atoms with E-state index in [1.807, 2.05) is 39.1 Å². The van der Waals surface area contributed by atoms with Crippen molar-refractivity contribution in [2.75, 3.05) is 13.6 Å². The summed E-state index contributed by atoms with van der Waals surface area (Å²) in [6.45, 7) is 13.5. The minimum absolute atomic E-state index is 0.0781. The number of hydrogen-bond donors (Lipinski definition) is 2. The molecule has 1 saturated carbocycles. The van der Waals surface area contributed by atoms with Gasteiger partial charge in [-0.2, -0.15) is 0 Å². The summed E-state index contributed by atoms with van der Waals surface area (Å²) in [5.41, 5.74) is 2.37. The van der Waals surface area contributed by atoms with Crippen LogP contribution < -0.4 is 0 Å². The first-order chi connectivity index (χ1) is 20.4. The molecular weight excluding hydrogens is 538 g/mol. The maximum atomic E-state index is 12.9. The molecule has 1 aromatic heterocycles. The molecule has 0 spiro atoms. The summed E-state index contributed by atoms with van der Waals surface area (Å²) in [6.07, 6.45) is 18.4. The van der Waals surface area contributed by atoms with Crippen LogP contribution in [-0.2, 0) is 9.53 Å². The number of rotatable bonds is 8. The van der Waals surface area contributed by atoms with E-state index in [0.717, 1.165) is 37.1 Å². The normalized spacial score (nSPS) is 33.6. The van der Waals surface area contributed by atoms with Gasteiger partial charge in [0.1, 0.15) is 12.4 Å². The second kappa shape index (κ2) is 16.6. The third-order valence-corrected chi connectivity index (χ3v) is 9.91. The Morgan fingerprint density at radius 1 is 1.21 bits per heavy atom. The Hall–Kier alpha value is -2.35. The molecule has 7 nitrogen and oxygen atoms in total. The van der Waals surface area contributed by atoms with Crippen molar-refractivity contribution in [1.29, 1.82) is 0 Å². The Kier molecular flexibility index (Phi) is 13.6. The van der Waals surface area contributed by atoms with Crippen molar-refractivity contribution in [1.82, 2.24) is 14.9 Å². The van der Waals surface area contributed by atoms with Crippen molar-refractivity contribution in [3.05, 3.63) is 59.7 Å². The van der Waals surface area contributed by atoms with Gasteiger partial charge in [-0.15, -0.1) is 0 Å². The standard InChI is InChI=1S/C36H57N3O4/c1-8-21-39(7)30-12-10-9-11-29(22-30)32(28(5)33-18-20-37-24-38-33)16-14-26(3)35-25(2)13-15-27(4)36(6,42)19-17-31(40)23-34(41)43-35/h13-16,18,20,24-25,27-31,35,40,42H,8-12,17,19,21-23H2,1-7H3/b15-13+,26-14+,32-16-/t25-,27-,28?,29?,30?,31+,35-,36+/m0/s1. The van der Waals surface area contributed by atoms with Crippen LogP contribution in [0.3, 0.4) is 0 Å². The third kappa shape index (κ3) is 10.4. The van der Waals surface area contributed by atoms with Gasteiger partial charge >= 0.3 is 5.97 Å². The Labute approximate surface area is 260 Å². The molecule has 0 aromatic carbocycles. The summed E-state index contributed by atoms with van der Waals surface area (Å²) < 4.78 is 6.04. The highest BCUT2D eigenvalue weighted by atomic mass is 16.5. The first kappa shape index (κ1) is 35.1. The highest BCUT2D eigenvalue weighted by Crippen LogP contribution is 2.38. The lowest BCUT2D eigenvalue weighted by Crippen LogP contribution is -2.35. The van der Waals surface area contributed by atoms with E-state index in [2.05, 4.69) is 54.0 Å². The predicted octanol–water partition coefficient (Wildman–Crippen LogP) is 6.78. The highest BCUT2D eigenvalue weighted by Gasteiger charge is 2.31. The van der Waals surface area contributed by atoms with Gasteiger partial charge in [-0.05, 0) is 83.5 Å². The van der Waals surface area contributed by atoms with Crippen LogP contribution in [0, 0.1) is 17.8 Å². The Bertz CT molecular complexity index is 1100. The number of cyclic esters (lactones) is 1. The van der Waals surface area contributed by atoms with Gasteiger partial charge < -0.3 is 19.8 Å². The summed E-state index contributed by atoms with van der Waals surface area (Å²) in [4.78, 5) is 24.2. The van der Waals surface area contributed by atoms with Gasteiger partial charge in [0, 0.05) is 30.0 Å². The molecule has 1 aliphatic heterocycles. The number of carbonyl (C=O) groups excluding carboxylic acids is 1. The van der Waals surface area contributed by atoms with E-state index in [1.54, 1.807) is 13.3 Å². The van der Waals surface area contributed by atoms with E-state index < -0.39 is 23.8 Å². The number of esters is 1. The van der Waals surface area contributed by atoms with E-state index in [1.165, 1.54) is 24.8 Å². The lowest BCUT2D eigenvalue weighted by Gasteiger charge is -2.32. The van der Waals surface area contributed by atoms with Gasteiger partial charge in [0.05, 0.1) is 23.8 Å². The Morgan fingerprint density at radius 3 is 2.65 bits per heavy atom. The fourth-order valence-corrected chi connectivity index (χ4v) is 6.69. The molecule has 0 saturated heterocycles. The van der Waals surface area contributed by atoms with Gasteiger partial charge in [-0.3, -0.25) is 4.79 Å². The quantitative estimate of drug-likeness (QED) is 0.148. The third-order valence-electron chi connectivity index (χ3n) is 9.91. The molecule has 0 bridgehead atoms. The number of aromatic nitrogens is 2. The van der Waals surface area contributed by atoms with E-state index in [9.17, 15) is 15.0 Å². The van der Waals surface area contributed by atoms with E-state index >= 15 is 0 Å². The topological polar surface area (TPSA) is 95.8 Å². The Morgan fingerprint density at radius 2 is 1.95 bits per heavy atom. The molecule has 1 fully saturated rings. The minimum Gasteiger partial charge on any atom is -0.457 e. The second-order valence-electron chi connectivity index (χ2n) is 13.5. The van der Waals surface area contributed by atoms with Crippen molar-refractivity contribution in [2.24, 2.45) is 17.8 Å². The molecular formula is C36H57N3O4. The minimum atomic E-state index is -0.961. The largest absolute Gasteiger partial charge is 0.457 e. The van der Waals surface area contributed by atoms with Crippen LogP contribution in [0.4, 0.5) is 0 Å². The van der Waals surface area contributed by atoms with Crippen molar-refractivity contribution in [3.63, 3.8) is 0 Å². The maximum Gasteiger partial charge on any atom is 0.309 e. The lowest BCUT2D eigenvalue weighted by atomic mass is 9.81. The van der Waals surface area contributed by atoms with Gasteiger partial charge in [0.15, 0.2) is 0 Å². The SMILES string of the molecule is CCCN(C)C1CCCCC(/C(=C\C=C(/C)[C@H]2OC(=O)C[C@H](O)CC[C@@](C)(O)[C@@H](C)/C=C/[C@@H]2C)C(C)c2ccncn2)C1. The van der Waals surface area contributed by atoms with Crippen LogP contribution in [0.2, 0.25) is 0 Å². The van der Waals surface area contributed by atoms with Crippen LogP contribution in [0.15, 0.2) is 54.0 Å². The predicted molar refractivity (Wildman–Crippen MR) is 173 cm³/mol. The van der Waals surface area contributed by atoms with Crippen molar-refractivity contribution >= 4 is 5.97 Å². The second-order valence-corrected chi connectivity index (χ2v) is 13.5. The molecule has 0 amide bonds. The number of carbonyl (C=O) groups is 1. The number of ether oxygens (including phenoxy) is 1. The molecule has 0 radical (unpaired) electrons. The lowest BCUT2D eigenvalue weighted by molar-refractivity contribution is -0.151. The number of hydrogen-bond acceptors (Lipinski definition) is 7. The molecule has 8 atom stereocenters. The van der Waals surface area contributed by atoms with Gasteiger partial charge in [-0.1, -0.05) is 70.4 Å². The van der Waals surface area contributed by atoms with Crippen LogP contribution in [0.25, 0.3) is 0 Å². The average molecular weight is 596 g/mol. The fourth-order valence-electron chi connectivity index (χ4n) is 6.69. The first-order valence-corrected chi connectivity index (χ1v) is 16.6. The molecule has 3 unspecified atom stereocenters. The average Bonchev–Trinajstić information content (AvgIpc) is 3.24. The smallest absolute Gasteiger partial charge is 0.309 e. The van der Waals surface area contributed by atoms with E-state index in [-0.39, 0.29) is 24.2 Å². The zero-order valence-electron chi connectivity index (χ0n) is 27.7. The van der Waals surface area contributed by atoms with Crippen LogP contribution in [-0.4, -0.2) is 68.5 Å². The summed E-state index contributed by atoms with van der Waals surface area (Å²) in [5, 5.41) is 21.5. The number of allylic oxidation sites excluding steroid dienone is 3. The number of aliphatic hydroxyl groups is 2. The summed E-state index contributed by atoms with van der Waals surface area (Å²) in [5.74, 6) is -0.0626. The van der Waals surface area contributed by atoms with Gasteiger partial charge in [-0.25, -0.2) is 9.97 Å². The molecule has 3 rings (SSSR count). The fraction of sp³-hybridized carbons (Fsp3) is 0.694. The molecule has 1 aliphatic carbocycles. The Balaban J connectivity index is 1.99. The molecule has 2 N–H and O–H groups in total. The monoisotopic (exact) mass is 595 g/mol. The van der Waals surface area contributed by atoms with Crippen LogP contribution in [0.5, 0.6) is 0 Å². The van der Waals surface area contributed by atoms with Crippen molar-refractivity contribution < 1.29 is 19.7 Å². The summed E-state index contributed by atoms with van der Waals surface area (Å²) in [6, 6.07) is 2.57. The summed E-state index contributed by atoms with van der Waals surface area (Å²) in [7, 11) is 2.27. The zero-order valence-corrected chi connectivity index (χ0v) is 27.7. The molecule has 7 heteroatoms. The summed E-state index contributed by atoms with van der Waals surface area (Å²) >= 11 is 0. The molecule has 240 valence electrons. The maximum absolute atomic E-state index is 12.9. The number of nitrogens with zero attached hydrogens (tertiary/aromatic N) is 3. The van der Waals surface area contributed by atoms with E-state index in [4.69, 9.17) is 4.74 Å². The highest BCUT2D eigenvalue weighted by molar-refractivity contribution is 5.70.